The van der Waals surface area contributed by atoms with Crippen LogP contribution < -0.4 is 10.1 Å². The van der Waals surface area contributed by atoms with Crippen molar-refractivity contribution in [3.05, 3.63) is 29.8 Å². The minimum Gasteiger partial charge on any atom is -0.425 e. The molecule has 4 nitrogen and oxygen atoms in total. The lowest BCUT2D eigenvalue weighted by Gasteiger charge is -2.47. The molecule has 20 heavy (non-hydrogen) atoms. The molecule has 0 fully saturated rings. The van der Waals surface area contributed by atoms with Crippen molar-refractivity contribution in [2.75, 3.05) is 13.7 Å². The van der Waals surface area contributed by atoms with Gasteiger partial charge >= 0.3 is 5.97 Å². The van der Waals surface area contributed by atoms with Crippen LogP contribution in [-0.4, -0.2) is 25.2 Å². The lowest BCUT2D eigenvalue weighted by atomic mass is 9.75. The number of carbonyl (C=O) groups excluding carboxylic acids is 1. The summed E-state index contributed by atoms with van der Waals surface area (Å²) in [6, 6.07) is 7.57. The Morgan fingerprint density at radius 1 is 1.30 bits per heavy atom. The highest BCUT2D eigenvalue weighted by Crippen LogP contribution is 2.45. The van der Waals surface area contributed by atoms with Gasteiger partial charge in [-0.25, -0.2) is 4.79 Å². The maximum Gasteiger partial charge on any atom is 0.334 e. The molecule has 1 aromatic rings. The molecule has 0 bridgehead atoms. The summed E-state index contributed by atoms with van der Waals surface area (Å²) in [5, 5.41) is 3.09. The van der Waals surface area contributed by atoms with E-state index >= 15 is 0 Å². The molecule has 0 radical (unpaired) electrons. The molecule has 0 amide bonds. The minimum absolute atomic E-state index is 0.308. The van der Waals surface area contributed by atoms with E-state index in [1.165, 1.54) is 0 Å². The average molecular weight is 277 g/mol. The normalized spacial score (nSPS) is 28.9. The minimum atomic E-state index is -0.908. The van der Waals surface area contributed by atoms with Crippen molar-refractivity contribution in [2.45, 2.75) is 44.8 Å². The molecule has 4 heteroatoms. The molecule has 0 saturated heterocycles. The first-order valence-corrected chi connectivity index (χ1v) is 7.14. The van der Waals surface area contributed by atoms with E-state index in [1.807, 2.05) is 38.1 Å². The van der Waals surface area contributed by atoms with Gasteiger partial charge < -0.3 is 14.8 Å². The number of ether oxygens (including phenoxy) is 2. The molecule has 2 rings (SSSR count). The Balaban J connectivity index is 2.48. The molecule has 2 unspecified atom stereocenters. The molecular formula is C16H23NO3. The van der Waals surface area contributed by atoms with Crippen LogP contribution in [0.5, 0.6) is 5.75 Å². The van der Waals surface area contributed by atoms with E-state index in [9.17, 15) is 4.79 Å². The van der Waals surface area contributed by atoms with Crippen LogP contribution in [0.25, 0.3) is 0 Å². The van der Waals surface area contributed by atoms with Crippen molar-refractivity contribution >= 4 is 5.97 Å². The summed E-state index contributed by atoms with van der Waals surface area (Å²) in [4.78, 5) is 12.4. The van der Waals surface area contributed by atoms with Crippen molar-refractivity contribution in [1.29, 1.82) is 0 Å². The summed E-state index contributed by atoms with van der Waals surface area (Å²) in [5.41, 5.74) is -0.745. The fraction of sp³-hybridized carbons (Fsp3) is 0.562. The van der Waals surface area contributed by atoms with Crippen LogP contribution in [0.3, 0.4) is 0 Å². The third-order valence-corrected chi connectivity index (χ3v) is 4.35. The topological polar surface area (TPSA) is 47.6 Å². The summed E-state index contributed by atoms with van der Waals surface area (Å²) in [7, 11) is 1.76. The molecule has 2 atom stereocenters. The third kappa shape index (κ3) is 2.13. The van der Waals surface area contributed by atoms with Gasteiger partial charge in [0.15, 0.2) is 0 Å². The van der Waals surface area contributed by atoms with Crippen molar-refractivity contribution in [3.63, 3.8) is 0 Å². The van der Waals surface area contributed by atoms with Gasteiger partial charge in [-0.15, -0.1) is 0 Å². The quantitative estimate of drug-likeness (QED) is 0.510. The number of unbranched alkanes of at least 4 members (excludes halogenated alkanes) is 1. The van der Waals surface area contributed by atoms with Gasteiger partial charge in [0.05, 0.1) is 0 Å². The monoisotopic (exact) mass is 277 g/mol. The van der Waals surface area contributed by atoms with E-state index in [1.54, 1.807) is 7.05 Å². The van der Waals surface area contributed by atoms with E-state index in [0.29, 0.717) is 12.4 Å². The highest BCUT2D eigenvalue weighted by Gasteiger charge is 2.57. The van der Waals surface area contributed by atoms with Crippen LogP contribution in [0.1, 0.15) is 39.2 Å². The van der Waals surface area contributed by atoms with Crippen LogP contribution in [0.2, 0.25) is 0 Å². The number of likely N-dealkylation sites (N-methyl/N-ethyl adjacent to an activating group) is 1. The maximum atomic E-state index is 12.4. The Morgan fingerprint density at radius 2 is 2.00 bits per heavy atom. The Kier molecular flexibility index (Phi) is 4.16. The van der Waals surface area contributed by atoms with Gasteiger partial charge in [-0.1, -0.05) is 31.5 Å². The SMILES string of the molecule is CCCCOC1(C)c2ccccc2OC(=O)C1(C)NC. The van der Waals surface area contributed by atoms with Gasteiger partial charge in [-0.2, -0.15) is 0 Å². The molecule has 1 aliphatic rings. The predicted molar refractivity (Wildman–Crippen MR) is 77.8 cm³/mol. The molecule has 1 heterocycles. The standard InChI is InChI=1S/C16H23NO3/c1-5-6-11-19-16(3)12-9-7-8-10-13(12)20-14(18)15(16,2)17-4/h7-10,17H,5-6,11H2,1-4H3. The Labute approximate surface area is 120 Å². The van der Waals surface area contributed by atoms with E-state index in [-0.39, 0.29) is 5.97 Å². The van der Waals surface area contributed by atoms with Crippen molar-refractivity contribution in [1.82, 2.24) is 5.32 Å². The molecule has 0 aromatic heterocycles. The van der Waals surface area contributed by atoms with Crippen LogP contribution in [0.4, 0.5) is 0 Å². The molecule has 1 N–H and O–H groups in total. The molecule has 1 aliphatic heterocycles. The van der Waals surface area contributed by atoms with Crippen LogP contribution in [0.15, 0.2) is 24.3 Å². The first kappa shape index (κ1) is 15.0. The summed E-state index contributed by atoms with van der Waals surface area (Å²) in [5.74, 6) is 0.280. The smallest absolute Gasteiger partial charge is 0.334 e. The van der Waals surface area contributed by atoms with Gasteiger partial charge in [-0.3, -0.25) is 0 Å². The second kappa shape index (κ2) is 5.54. The van der Waals surface area contributed by atoms with E-state index in [0.717, 1.165) is 18.4 Å². The first-order chi connectivity index (χ1) is 9.49. The zero-order valence-corrected chi connectivity index (χ0v) is 12.7. The lowest BCUT2D eigenvalue weighted by Crippen LogP contribution is -2.66. The molecule has 0 spiro atoms. The zero-order chi connectivity index (χ0) is 14.8. The third-order valence-electron chi connectivity index (χ3n) is 4.35. The first-order valence-electron chi connectivity index (χ1n) is 7.14. The Hall–Kier alpha value is -1.39. The fourth-order valence-corrected chi connectivity index (χ4v) is 2.60. The van der Waals surface area contributed by atoms with Crippen molar-refractivity contribution < 1.29 is 14.3 Å². The Morgan fingerprint density at radius 3 is 2.65 bits per heavy atom. The summed E-state index contributed by atoms with van der Waals surface area (Å²) >= 11 is 0. The van der Waals surface area contributed by atoms with Gasteiger partial charge in [0.1, 0.15) is 16.9 Å². The van der Waals surface area contributed by atoms with Crippen LogP contribution in [-0.2, 0) is 15.1 Å². The number of rotatable bonds is 5. The lowest BCUT2D eigenvalue weighted by molar-refractivity contribution is -0.167. The zero-order valence-electron chi connectivity index (χ0n) is 12.7. The second-order valence-electron chi connectivity index (χ2n) is 5.50. The number of benzene rings is 1. The van der Waals surface area contributed by atoms with Crippen LogP contribution in [0, 0.1) is 0 Å². The van der Waals surface area contributed by atoms with Crippen molar-refractivity contribution in [3.8, 4) is 5.75 Å². The molecule has 0 aliphatic carbocycles. The second-order valence-corrected chi connectivity index (χ2v) is 5.50. The number of carbonyl (C=O) groups is 1. The van der Waals surface area contributed by atoms with Gasteiger partial charge in [0.2, 0.25) is 0 Å². The maximum absolute atomic E-state index is 12.4. The number of fused-ring (bicyclic) bond motifs is 1. The predicted octanol–water partition coefficient (Wildman–Crippen LogP) is 2.62. The molecule has 1 aromatic carbocycles. The largest absolute Gasteiger partial charge is 0.425 e. The molecule has 0 saturated carbocycles. The average Bonchev–Trinajstić information content (AvgIpc) is 2.45. The van der Waals surface area contributed by atoms with Crippen LogP contribution >= 0.6 is 0 Å². The van der Waals surface area contributed by atoms with E-state index in [2.05, 4.69) is 12.2 Å². The Bertz CT molecular complexity index is 502. The number of hydrogen-bond donors (Lipinski definition) is 1. The van der Waals surface area contributed by atoms with Gasteiger partial charge in [0.25, 0.3) is 0 Å². The number of hydrogen-bond acceptors (Lipinski definition) is 4. The highest BCUT2D eigenvalue weighted by atomic mass is 16.6. The number of para-hydroxylation sites is 1. The fourth-order valence-electron chi connectivity index (χ4n) is 2.60. The van der Waals surface area contributed by atoms with E-state index in [4.69, 9.17) is 9.47 Å². The molecule has 110 valence electrons. The van der Waals surface area contributed by atoms with Crippen molar-refractivity contribution in [2.24, 2.45) is 0 Å². The summed E-state index contributed by atoms with van der Waals surface area (Å²) in [6.07, 6.45) is 2.02. The summed E-state index contributed by atoms with van der Waals surface area (Å²) in [6.45, 7) is 6.52. The van der Waals surface area contributed by atoms with E-state index < -0.39 is 11.1 Å². The summed E-state index contributed by atoms with van der Waals surface area (Å²) < 4.78 is 11.6. The van der Waals surface area contributed by atoms with Gasteiger partial charge in [0, 0.05) is 12.2 Å². The number of esters is 1. The highest BCUT2D eigenvalue weighted by molar-refractivity contribution is 5.87. The molecular weight excluding hydrogens is 254 g/mol. The number of nitrogens with one attached hydrogen (secondary N) is 1. The van der Waals surface area contributed by atoms with Gasteiger partial charge in [-0.05, 0) is 33.4 Å².